The molecule has 0 aliphatic heterocycles. The van der Waals surface area contributed by atoms with Crippen molar-refractivity contribution in [3.63, 3.8) is 0 Å². The molecule has 3 aromatic rings. The van der Waals surface area contributed by atoms with Crippen molar-refractivity contribution in [3.05, 3.63) is 91.0 Å². The van der Waals surface area contributed by atoms with Crippen LogP contribution in [0.5, 0.6) is 17.2 Å². The first kappa shape index (κ1) is 20.0. The van der Waals surface area contributed by atoms with Crippen molar-refractivity contribution >= 4 is 13.2 Å². The third-order valence-corrected chi connectivity index (χ3v) is 3.85. The molecule has 0 saturated carbocycles. The molecule has 3 rings (SSSR count). The van der Waals surface area contributed by atoms with Crippen LogP contribution in [0, 0.1) is 0 Å². The Hall–Kier alpha value is -2.31. The van der Waals surface area contributed by atoms with Gasteiger partial charge in [-0.25, -0.2) is 0 Å². The molecule has 26 heavy (non-hydrogen) atoms. The van der Waals surface area contributed by atoms with Crippen LogP contribution in [0.3, 0.4) is 0 Å². The molecule has 0 atom stereocenters. The molecule has 0 amide bonds. The first-order chi connectivity index (χ1) is 12.6. The third-order valence-electron chi connectivity index (χ3n) is 2.77. The Balaban J connectivity index is 0.000000552. The fraction of sp³-hybridized carbons (Fsp3) is 0.0500. The van der Waals surface area contributed by atoms with Gasteiger partial charge in [0, 0.05) is 0 Å². The van der Waals surface area contributed by atoms with Gasteiger partial charge in [-0.3, -0.25) is 0 Å². The first-order valence-electron chi connectivity index (χ1n) is 7.80. The zero-order chi connectivity index (χ0) is 18.6. The maximum atomic E-state index is 9.39. The summed E-state index contributed by atoms with van der Waals surface area (Å²) in [6.07, 6.45) is 0. The summed E-state index contributed by atoms with van der Waals surface area (Å²) in [5.74, 6) is 2.13. The van der Waals surface area contributed by atoms with Gasteiger partial charge in [0.25, 0.3) is 0 Å². The van der Waals surface area contributed by atoms with Crippen LogP contribution in [0.25, 0.3) is 0 Å². The van der Waals surface area contributed by atoms with Gasteiger partial charge in [0.15, 0.2) is 0 Å². The Morgan fingerprint density at radius 1 is 0.654 bits per heavy atom. The Morgan fingerprint density at radius 3 is 1.12 bits per heavy atom. The predicted molar refractivity (Wildman–Crippen MR) is 98.8 cm³/mol. The van der Waals surface area contributed by atoms with E-state index in [1.807, 2.05) is 91.0 Å². The van der Waals surface area contributed by atoms with Crippen molar-refractivity contribution in [2.45, 2.75) is 6.92 Å². The van der Waals surface area contributed by atoms with Gasteiger partial charge >= 0.3 is 41.3 Å². The van der Waals surface area contributed by atoms with Gasteiger partial charge in [0.2, 0.25) is 0 Å². The largest absolute Gasteiger partial charge is 0.530 e. The van der Waals surface area contributed by atoms with Crippen molar-refractivity contribution in [2.24, 2.45) is 0 Å². The topological polar surface area (TPSA) is 44.8 Å². The maximum Gasteiger partial charge on any atom is 0.530 e. The predicted octanol–water partition coefficient (Wildman–Crippen LogP) is 5.53. The minimum atomic E-state index is -1.59. The van der Waals surface area contributed by atoms with Crippen LogP contribution in [-0.2, 0) is 21.1 Å². The fourth-order valence-electron chi connectivity index (χ4n) is 1.76. The van der Waals surface area contributed by atoms with Crippen molar-refractivity contribution < 1.29 is 34.7 Å². The van der Waals surface area contributed by atoms with E-state index in [0.717, 1.165) is 0 Å². The van der Waals surface area contributed by atoms with E-state index in [4.69, 9.17) is 13.6 Å². The van der Waals surface area contributed by atoms with Crippen LogP contribution < -0.4 is 13.6 Å². The summed E-state index contributed by atoms with van der Waals surface area (Å²) in [5.41, 5.74) is 0. The van der Waals surface area contributed by atoms with Crippen molar-refractivity contribution in [2.75, 3.05) is 0 Å². The molecule has 0 aromatic heterocycles. The molecule has 0 heterocycles. The van der Waals surface area contributed by atoms with Crippen LogP contribution in [0.1, 0.15) is 6.92 Å². The number of hydrogen-bond acceptors (Lipinski definition) is 4. The van der Waals surface area contributed by atoms with Crippen molar-refractivity contribution in [1.29, 1.82) is 0 Å². The summed E-state index contributed by atoms with van der Waals surface area (Å²) in [7, 11) is -1.59. The summed E-state index contributed by atoms with van der Waals surface area (Å²) in [4.78, 5) is 9.39. The molecule has 0 N–H and O–H groups in total. The number of rotatable bonds is 6. The zero-order valence-electron chi connectivity index (χ0n) is 14.1. The van der Waals surface area contributed by atoms with E-state index >= 15 is 0 Å². The molecular weight excluding hydrogens is 387 g/mol. The van der Waals surface area contributed by atoms with Crippen LogP contribution in [0.2, 0.25) is 0 Å². The molecule has 131 valence electrons. The van der Waals surface area contributed by atoms with E-state index in [-0.39, 0.29) is 4.65 Å². The third kappa shape index (κ3) is 8.18. The molecule has 6 heteroatoms. The Morgan fingerprint density at radius 2 is 0.885 bits per heavy atom. The van der Waals surface area contributed by atoms with E-state index < -0.39 is 8.60 Å². The zero-order valence-corrected chi connectivity index (χ0v) is 16.3. The van der Waals surface area contributed by atoms with Gasteiger partial charge < -0.3 is 13.6 Å². The molecule has 0 aliphatic carbocycles. The van der Waals surface area contributed by atoms with Gasteiger partial charge in [0.05, 0.1) is 0 Å². The second kappa shape index (κ2) is 11.3. The number of carbonyl (C=O) groups is 1. The average Bonchev–Trinajstić information content (AvgIpc) is 2.64. The molecule has 0 aliphatic rings. The summed E-state index contributed by atoms with van der Waals surface area (Å²) in [6, 6.07) is 28.5. The minimum Gasteiger partial charge on any atom is -0.409 e. The molecule has 0 unspecified atom stereocenters. The molecule has 0 fully saturated rings. The van der Waals surface area contributed by atoms with Crippen molar-refractivity contribution in [3.8, 4) is 17.2 Å². The van der Waals surface area contributed by atoms with Gasteiger partial charge in [-0.15, -0.1) is 0 Å². The van der Waals surface area contributed by atoms with Crippen LogP contribution in [0.4, 0.5) is 0 Å². The van der Waals surface area contributed by atoms with Crippen molar-refractivity contribution in [1.82, 2.24) is 0 Å². The van der Waals surface area contributed by atoms with E-state index in [2.05, 4.69) is 16.3 Å². The van der Waals surface area contributed by atoms with E-state index in [1.165, 1.54) is 6.92 Å². The van der Waals surface area contributed by atoms with Gasteiger partial charge in [-0.1, -0.05) is 54.6 Å². The summed E-state index contributed by atoms with van der Waals surface area (Å²) < 4.78 is 17.6. The maximum absolute atomic E-state index is 9.39. The minimum absolute atomic E-state index is 0.0417. The normalized spacial score (nSPS) is 9.58. The summed E-state index contributed by atoms with van der Waals surface area (Å²) in [6.45, 7) is 1.47. The number of benzene rings is 3. The number of para-hydroxylation sites is 3. The van der Waals surface area contributed by atoms with Gasteiger partial charge in [-0.05, 0) is 36.4 Å². The SMILES string of the molecule is C[C](=O)[Cr+2].c1ccc(OP(Oc2ccccc2)Oc2ccccc2)cc1. The quantitative estimate of drug-likeness (QED) is 0.506. The van der Waals surface area contributed by atoms with E-state index in [0.29, 0.717) is 17.2 Å². The molecule has 4 nitrogen and oxygen atoms in total. The molecule has 0 radical (unpaired) electrons. The molecule has 3 aromatic carbocycles. The van der Waals surface area contributed by atoms with Crippen LogP contribution in [0.15, 0.2) is 91.0 Å². The molecule has 0 saturated heterocycles. The Labute approximate surface area is 163 Å². The van der Waals surface area contributed by atoms with E-state index in [9.17, 15) is 4.79 Å². The summed E-state index contributed by atoms with van der Waals surface area (Å²) in [5, 5.41) is 0. The molecular formula is C20H18CrO4P+2. The Kier molecular flexibility index (Phi) is 8.72. The molecule has 0 spiro atoms. The van der Waals surface area contributed by atoms with Crippen LogP contribution in [-0.4, -0.2) is 4.65 Å². The number of carbonyl (C=O) groups excluding carboxylic acids is 1. The van der Waals surface area contributed by atoms with Gasteiger partial charge in [-0.2, -0.15) is 0 Å². The first-order valence-corrected chi connectivity index (χ1v) is 9.53. The Bertz CT molecular complexity index is 667. The summed E-state index contributed by atoms with van der Waals surface area (Å²) >= 11 is 2.26. The second-order valence-corrected chi connectivity index (χ2v) is 6.82. The second-order valence-electron chi connectivity index (χ2n) is 4.93. The van der Waals surface area contributed by atoms with Gasteiger partial charge in [0.1, 0.15) is 17.2 Å². The number of hydrogen-bond donors (Lipinski definition) is 0. The monoisotopic (exact) mass is 405 g/mol. The molecule has 0 bridgehead atoms. The average molecular weight is 405 g/mol. The van der Waals surface area contributed by atoms with Crippen LogP contribution >= 0.6 is 8.60 Å². The standard InChI is InChI=1S/C18H15O3P.C2H3O.Cr/c1-4-10-16(11-5-1)19-22(20-17-12-6-2-7-13-17)21-18-14-8-3-9-15-18;1-2-3;/h1-15H;1H3;/q;;+2. The smallest absolute Gasteiger partial charge is 0.409 e. The van der Waals surface area contributed by atoms with E-state index in [1.54, 1.807) is 0 Å². The fourth-order valence-corrected chi connectivity index (χ4v) is 2.75.